The smallest absolute Gasteiger partial charge is 0.316 e. The zero-order valence-electron chi connectivity index (χ0n) is 13.6. The van der Waals surface area contributed by atoms with Gasteiger partial charge in [0.05, 0.1) is 5.92 Å². The first kappa shape index (κ1) is 16.7. The highest BCUT2D eigenvalue weighted by Gasteiger charge is 2.36. The molecule has 1 atom stereocenters. The van der Waals surface area contributed by atoms with Crippen LogP contribution in [0.5, 0.6) is 5.75 Å². The van der Waals surface area contributed by atoms with Crippen molar-refractivity contribution in [3.05, 3.63) is 58.1 Å². The number of hydrogen-bond acceptors (Lipinski definition) is 3. The lowest BCUT2D eigenvalue weighted by molar-refractivity contribution is -0.139. The van der Waals surface area contributed by atoms with Gasteiger partial charge in [0.2, 0.25) is 5.91 Å². The van der Waals surface area contributed by atoms with Crippen LogP contribution in [0, 0.1) is 19.8 Å². The van der Waals surface area contributed by atoms with Gasteiger partial charge in [0.1, 0.15) is 5.75 Å². The van der Waals surface area contributed by atoms with Gasteiger partial charge in [0, 0.05) is 23.1 Å². The van der Waals surface area contributed by atoms with E-state index < -0.39 is 5.92 Å². The molecule has 24 heavy (non-hydrogen) atoms. The summed E-state index contributed by atoms with van der Waals surface area (Å²) >= 11 is 3.34. The fourth-order valence-corrected chi connectivity index (χ4v) is 2.97. The van der Waals surface area contributed by atoms with Crippen molar-refractivity contribution < 1.29 is 14.3 Å². The van der Waals surface area contributed by atoms with Crippen LogP contribution in [0.3, 0.4) is 0 Å². The molecular formula is C19H18BrNO3. The lowest BCUT2D eigenvalue weighted by Gasteiger charge is -2.17. The Labute approximate surface area is 149 Å². The zero-order valence-corrected chi connectivity index (χ0v) is 15.2. The second-order valence-electron chi connectivity index (χ2n) is 6.05. The second-order valence-corrected chi connectivity index (χ2v) is 6.96. The van der Waals surface area contributed by atoms with E-state index in [4.69, 9.17) is 4.74 Å². The molecule has 0 radical (unpaired) electrons. The van der Waals surface area contributed by atoms with Crippen molar-refractivity contribution in [1.29, 1.82) is 0 Å². The maximum atomic E-state index is 12.3. The summed E-state index contributed by atoms with van der Waals surface area (Å²) in [5.41, 5.74) is 3.14. The van der Waals surface area contributed by atoms with Gasteiger partial charge in [0.25, 0.3) is 0 Å². The van der Waals surface area contributed by atoms with Crippen LogP contribution in [0.25, 0.3) is 0 Å². The van der Waals surface area contributed by atoms with Crippen LogP contribution in [-0.4, -0.2) is 18.4 Å². The topological polar surface area (TPSA) is 46.6 Å². The van der Waals surface area contributed by atoms with E-state index in [1.807, 2.05) is 44.2 Å². The van der Waals surface area contributed by atoms with Crippen LogP contribution >= 0.6 is 15.9 Å². The Balaban J connectivity index is 1.70. The standard InChI is InChI=1S/C19H18BrNO3/c1-12-3-6-16(9-13(12)2)21-11-14(10-18(21)22)19(23)24-17-7-4-15(20)5-8-17/h3-9,14H,10-11H2,1-2H3/t14-/m1/s1. The monoisotopic (exact) mass is 387 g/mol. The number of aryl methyl sites for hydroxylation is 2. The Morgan fingerprint density at radius 1 is 1.12 bits per heavy atom. The molecule has 124 valence electrons. The number of rotatable bonds is 3. The quantitative estimate of drug-likeness (QED) is 0.589. The van der Waals surface area contributed by atoms with E-state index in [9.17, 15) is 9.59 Å². The minimum absolute atomic E-state index is 0.0454. The molecule has 1 fully saturated rings. The van der Waals surface area contributed by atoms with Gasteiger partial charge in [-0.1, -0.05) is 22.0 Å². The molecule has 0 spiro atoms. The third-order valence-corrected chi connectivity index (χ3v) is 4.82. The van der Waals surface area contributed by atoms with Crippen molar-refractivity contribution in [3.8, 4) is 5.75 Å². The van der Waals surface area contributed by atoms with E-state index in [-0.39, 0.29) is 18.3 Å². The predicted octanol–water partition coefficient (Wildman–Crippen LogP) is 4.02. The largest absolute Gasteiger partial charge is 0.426 e. The minimum atomic E-state index is -0.442. The lowest BCUT2D eigenvalue weighted by atomic mass is 10.1. The highest BCUT2D eigenvalue weighted by molar-refractivity contribution is 9.10. The third-order valence-electron chi connectivity index (χ3n) is 4.29. The van der Waals surface area contributed by atoms with Gasteiger partial charge in [-0.05, 0) is 61.4 Å². The van der Waals surface area contributed by atoms with Crippen molar-refractivity contribution in [1.82, 2.24) is 0 Å². The molecule has 0 saturated carbocycles. The number of ether oxygens (including phenoxy) is 1. The van der Waals surface area contributed by atoms with Crippen LogP contribution < -0.4 is 9.64 Å². The van der Waals surface area contributed by atoms with E-state index in [2.05, 4.69) is 15.9 Å². The Bertz CT molecular complexity index is 786. The molecule has 2 aromatic carbocycles. The second kappa shape index (κ2) is 6.77. The third kappa shape index (κ3) is 3.51. The van der Waals surface area contributed by atoms with Crippen molar-refractivity contribution >= 4 is 33.5 Å². The molecule has 0 aromatic heterocycles. The molecule has 1 saturated heterocycles. The Kier molecular flexibility index (Phi) is 4.71. The highest BCUT2D eigenvalue weighted by atomic mass is 79.9. The molecule has 0 aliphatic carbocycles. The number of anilines is 1. The summed E-state index contributed by atoms with van der Waals surface area (Å²) in [7, 11) is 0. The molecule has 5 heteroatoms. The van der Waals surface area contributed by atoms with Crippen molar-refractivity contribution in [2.45, 2.75) is 20.3 Å². The SMILES string of the molecule is Cc1ccc(N2C[C@H](C(=O)Oc3ccc(Br)cc3)CC2=O)cc1C. The van der Waals surface area contributed by atoms with E-state index in [1.165, 1.54) is 5.56 Å². The van der Waals surface area contributed by atoms with E-state index in [0.717, 1.165) is 15.7 Å². The van der Waals surface area contributed by atoms with Crippen molar-refractivity contribution in [3.63, 3.8) is 0 Å². The molecule has 1 heterocycles. The van der Waals surface area contributed by atoms with Crippen LogP contribution in [0.4, 0.5) is 5.69 Å². The number of esters is 1. The molecule has 2 aromatic rings. The summed E-state index contributed by atoms with van der Waals surface area (Å²) in [6, 6.07) is 13.0. The molecule has 1 amide bonds. The number of amides is 1. The molecule has 0 N–H and O–H groups in total. The summed E-state index contributed by atoms with van der Waals surface area (Å²) in [6.45, 7) is 4.40. The van der Waals surface area contributed by atoms with Gasteiger partial charge in [-0.15, -0.1) is 0 Å². The average Bonchev–Trinajstić information content (AvgIpc) is 2.94. The van der Waals surface area contributed by atoms with Gasteiger partial charge in [-0.25, -0.2) is 0 Å². The molecule has 0 bridgehead atoms. The molecule has 3 rings (SSSR count). The highest BCUT2D eigenvalue weighted by Crippen LogP contribution is 2.28. The van der Waals surface area contributed by atoms with Crippen LogP contribution in [0.2, 0.25) is 0 Å². The first-order valence-corrected chi connectivity index (χ1v) is 8.58. The fourth-order valence-electron chi connectivity index (χ4n) is 2.71. The fraction of sp³-hybridized carbons (Fsp3) is 0.263. The molecule has 4 nitrogen and oxygen atoms in total. The van der Waals surface area contributed by atoms with Gasteiger partial charge in [0.15, 0.2) is 0 Å². The molecular weight excluding hydrogens is 370 g/mol. The number of nitrogens with zero attached hydrogens (tertiary/aromatic N) is 1. The molecule has 0 unspecified atom stereocenters. The van der Waals surface area contributed by atoms with E-state index >= 15 is 0 Å². The van der Waals surface area contributed by atoms with Crippen molar-refractivity contribution in [2.75, 3.05) is 11.4 Å². The lowest BCUT2D eigenvalue weighted by Crippen LogP contribution is -2.27. The number of carbonyl (C=O) groups excluding carboxylic acids is 2. The number of hydrogen-bond donors (Lipinski definition) is 0. The first-order valence-electron chi connectivity index (χ1n) is 7.79. The number of halogens is 1. The Morgan fingerprint density at radius 3 is 2.50 bits per heavy atom. The summed E-state index contributed by atoms with van der Waals surface area (Å²) in [4.78, 5) is 26.3. The van der Waals surface area contributed by atoms with Gasteiger partial charge in [-0.3, -0.25) is 9.59 Å². The maximum Gasteiger partial charge on any atom is 0.316 e. The average molecular weight is 388 g/mol. The summed E-state index contributed by atoms with van der Waals surface area (Å²) in [6.07, 6.45) is 0.183. The van der Waals surface area contributed by atoms with Gasteiger partial charge >= 0.3 is 5.97 Å². The Morgan fingerprint density at radius 2 is 1.83 bits per heavy atom. The maximum absolute atomic E-state index is 12.3. The van der Waals surface area contributed by atoms with Crippen LogP contribution in [-0.2, 0) is 9.59 Å². The first-order chi connectivity index (χ1) is 11.4. The summed E-state index contributed by atoms with van der Waals surface area (Å²) < 4.78 is 6.31. The van der Waals surface area contributed by atoms with E-state index in [0.29, 0.717) is 12.3 Å². The van der Waals surface area contributed by atoms with Crippen LogP contribution in [0.15, 0.2) is 46.9 Å². The zero-order chi connectivity index (χ0) is 17.3. The molecule has 1 aliphatic heterocycles. The van der Waals surface area contributed by atoms with Gasteiger partial charge < -0.3 is 9.64 Å². The number of benzene rings is 2. The normalized spacial score (nSPS) is 17.2. The minimum Gasteiger partial charge on any atom is -0.426 e. The summed E-state index contributed by atoms with van der Waals surface area (Å²) in [5.74, 6) is -0.365. The van der Waals surface area contributed by atoms with Crippen LogP contribution in [0.1, 0.15) is 17.5 Å². The van der Waals surface area contributed by atoms with E-state index in [1.54, 1.807) is 17.0 Å². The Hall–Kier alpha value is -2.14. The predicted molar refractivity (Wildman–Crippen MR) is 96.2 cm³/mol. The number of carbonyl (C=O) groups is 2. The molecule has 1 aliphatic rings. The van der Waals surface area contributed by atoms with Crippen molar-refractivity contribution in [2.24, 2.45) is 5.92 Å². The van der Waals surface area contributed by atoms with Gasteiger partial charge in [-0.2, -0.15) is 0 Å². The summed E-state index contributed by atoms with van der Waals surface area (Å²) in [5, 5.41) is 0.